The number of hydrogen-bond donors (Lipinski definition) is 1. The smallest absolute Gasteiger partial charge is 0.335 e. The van der Waals surface area contributed by atoms with Crippen LogP contribution in [0.25, 0.3) is 22.3 Å². The topological polar surface area (TPSA) is 123 Å². The SMILES string of the molecule is N#Cc1cc(F)c(COc2ncc(F)c(-c3cc(F)c(Cc4nc5c(F)cc(C(=O)O)cc5n4C[C@@H]4CCO4)cc3F)n2)cc1F. The number of fused-ring (bicyclic) bond motifs is 1. The molecule has 15 heteroatoms. The highest BCUT2D eigenvalue weighted by atomic mass is 19.1. The van der Waals surface area contributed by atoms with Crippen molar-refractivity contribution in [2.24, 2.45) is 0 Å². The molecule has 0 spiro atoms. The van der Waals surface area contributed by atoms with Gasteiger partial charge in [-0.3, -0.25) is 0 Å². The lowest BCUT2D eigenvalue weighted by molar-refractivity contribution is -0.0589. The molecule has 0 aliphatic carbocycles. The van der Waals surface area contributed by atoms with Gasteiger partial charge in [0.25, 0.3) is 0 Å². The van der Waals surface area contributed by atoms with Crippen molar-refractivity contribution in [2.75, 3.05) is 6.61 Å². The van der Waals surface area contributed by atoms with Gasteiger partial charge in [-0.15, -0.1) is 0 Å². The molecule has 1 N–H and O–H groups in total. The molecule has 1 aliphatic rings. The first-order valence-corrected chi connectivity index (χ1v) is 13.6. The van der Waals surface area contributed by atoms with E-state index in [4.69, 9.17) is 14.7 Å². The number of imidazole rings is 1. The molecule has 9 nitrogen and oxygen atoms in total. The number of aromatic nitrogens is 4. The van der Waals surface area contributed by atoms with Crippen LogP contribution in [0.1, 0.15) is 39.3 Å². The summed E-state index contributed by atoms with van der Waals surface area (Å²) in [6.45, 7) is 0.0289. The molecule has 3 aromatic carbocycles. The van der Waals surface area contributed by atoms with Crippen molar-refractivity contribution in [1.82, 2.24) is 19.5 Å². The first-order valence-electron chi connectivity index (χ1n) is 13.6. The Labute approximate surface area is 255 Å². The second-order valence-corrected chi connectivity index (χ2v) is 10.3. The van der Waals surface area contributed by atoms with E-state index in [9.17, 15) is 27.5 Å². The second-order valence-electron chi connectivity index (χ2n) is 10.3. The van der Waals surface area contributed by atoms with Crippen molar-refractivity contribution in [3.63, 3.8) is 0 Å². The number of benzene rings is 3. The zero-order valence-corrected chi connectivity index (χ0v) is 23.3. The molecule has 1 aliphatic heterocycles. The summed E-state index contributed by atoms with van der Waals surface area (Å²) in [5, 5.41) is 18.2. The summed E-state index contributed by atoms with van der Waals surface area (Å²) < 4.78 is 101. The van der Waals surface area contributed by atoms with Gasteiger partial charge in [0.1, 0.15) is 53.0 Å². The van der Waals surface area contributed by atoms with E-state index in [0.29, 0.717) is 31.4 Å². The Hall–Kier alpha value is -5.49. The van der Waals surface area contributed by atoms with Crippen LogP contribution >= 0.6 is 0 Å². The van der Waals surface area contributed by atoms with E-state index in [1.54, 1.807) is 0 Å². The molecule has 0 bridgehead atoms. The van der Waals surface area contributed by atoms with Crippen molar-refractivity contribution in [1.29, 1.82) is 5.26 Å². The highest BCUT2D eigenvalue weighted by molar-refractivity contribution is 5.92. The molecule has 1 saturated heterocycles. The van der Waals surface area contributed by atoms with Gasteiger partial charge in [-0.05, 0) is 48.4 Å². The molecule has 3 heterocycles. The van der Waals surface area contributed by atoms with Crippen LogP contribution in [0.3, 0.4) is 0 Å². The maximum Gasteiger partial charge on any atom is 0.335 e. The van der Waals surface area contributed by atoms with Crippen LogP contribution in [0, 0.1) is 46.2 Å². The fourth-order valence-corrected chi connectivity index (χ4v) is 4.94. The number of nitrogens with zero attached hydrogens (tertiary/aromatic N) is 5. The third-order valence-corrected chi connectivity index (χ3v) is 7.39. The van der Waals surface area contributed by atoms with E-state index in [2.05, 4.69) is 15.0 Å². The van der Waals surface area contributed by atoms with Crippen molar-refractivity contribution in [2.45, 2.75) is 32.1 Å². The van der Waals surface area contributed by atoms with Gasteiger partial charge >= 0.3 is 12.0 Å². The fourth-order valence-electron chi connectivity index (χ4n) is 4.94. The largest absolute Gasteiger partial charge is 0.478 e. The van der Waals surface area contributed by atoms with Gasteiger partial charge in [0.05, 0.1) is 35.5 Å². The summed E-state index contributed by atoms with van der Waals surface area (Å²) in [5.41, 5.74) is -2.68. The lowest BCUT2D eigenvalue weighted by atomic mass is 10.0. The van der Waals surface area contributed by atoms with Gasteiger partial charge in [-0.25, -0.2) is 41.1 Å². The third kappa shape index (κ3) is 5.82. The Morgan fingerprint density at radius 3 is 2.39 bits per heavy atom. The number of ether oxygens (including phenoxy) is 2. The van der Waals surface area contributed by atoms with Crippen LogP contribution < -0.4 is 4.74 Å². The van der Waals surface area contributed by atoms with E-state index < -0.39 is 70.3 Å². The summed E-state index contributed by atoms with van der Waals surface area (Å²) in [6, 6.07) is 5.88. The Bertz CT molecular complexity index is 2080. The summed E-state index contributed by atoms with van der Waals surface area (Å²) in [4.78, 5) is 23.2. The average molecular weight is 640 g/mol. The zero-order chi connectivity index (χ0) is 32.7. The number of carboxylic acid groups (broad SMARTS) is 1. The van der Waals surface area contributed by atoms with E-state index in [1.807, 2.05) is 0 Å². The normalized spacial score (nSPS) is 14.2. The molecule has 2 aromatic heterocycles. The van der Waals surface area contributed by atoms with Crippen molar-refractivity contribution >= 4 is 17.0 Å². The van der Waals surface area contributed by atoms with E-state index in [-0.39, 0.29) is 52.6 Å². The quantitative estimate of drug-likeness (QED) is 0.199. The molecule has 5 aromatic rings. The first kappa shape index (κ1) is 30.5. The maximum absolute atomic E-state index is 15.4. The molecule has 1 atom stereocenters. The molecule has 0 saturated carbocycles. The van der Waals surface area contributed by atoms with Crippen LogP contribution in [-0.2, 0) is 24.3 Å². The monoisotopic (exact) mass is 639 g/mol. The number of hydrogen-bond acceptors (Lipinski definition) is 7. The van der Waals surface area contributed by atoms with Gasteiger partial charge in [0, 0.05) is 24.2 Å². The molecule has 1 fully saturated rings. The summed E-state index contributed by atoms with van der Waals surface area (Å²) in [5.74, 6) is -7.34. The molecule has 46 heavy (non-hydrogen) atoms. The number of carbonyl (C=O) groups is 1. The highest BCUT2D eigenvalue weighted by Crippen LogP contribution is 2.30. The number of halogens is 6. The van der Waals surface area contributed by atoms with Crippen LogP contribution in [0.5, 0.6) is 6.01 Å². The van der Waals surface area contributed by atoms with Crippen LogP contribution in [0.4, 0.5) is 26.3 Å². The molecule has 0 radical (unpaired) electrons. The van der Waals surface area contributed by atoms with Gasteiger partial charge in [0.15, 0.2) is 11.6 Å². The Morgan fingerprint density at radius 2 is 1.70 bits per heavy atom. The predicted octanol–water partition coefficient (Wildman–Crippen LogP) is 5.86. The van der Waals surface area contributed by atoms with E-state index >= 15 is 8.78 Å². The molecule has 234 valence electrons. The molecule has 6 rings (SSSR count). The summed E-state index contributed by atoms with van der Waals surface area (Å²) in [6.07, 6.45) is 0.678. The standard InChI is InChI=1S/C31H19F6N5O4/c32-20-6-17(21(33)5-16(20)10-38)13-46-31-39-11-25(37)28(41-31)19-9-22(34)14(3-23(19)35)8-27-40-29-24(36)4-15(30(43)44)7-26(29)42(27)12-18-1-2-45-18/h3-7,9,11,18H,1-2,8,12-13H2,(H,43,44)/t18-/m0/s1. The summed E-state index contributed by atoms with van der Waals surface area (Å²) >= 11 is 0. The van der Waals surface area contributed by atoms with E-state index in [1.165, 1.54) is 16.7 Å². The van der Waals surface area contributed by atoms with Gasteiger partial charge in [-0.2, -0.15) is 10.2 Å². The second kappa shape index (κ2) is 12.1. The Balaban J connectivity index is 1.30. The minimum absolute atomic E-state index is 0.105. The zero-order valence-electron chi connectivity index (χ0n) is 23.3. The van der Waals surface area contributed by atoms with Crippen molar-refractivity contribution in [3.05, 3.63) is 106 Å². The minimum atomic E-state index is -1.36. The van der Waals surface area contributed by atoms with E-state index in [0.717, 1.165) is 18.2 Å². The molecular formula is C31H19F6N5O4. The first-order chi connectivity index (χ1) is 22.0. The number of carboxylic acids is 1. The van der Waals surface area contributed by atoms with Crippen LogP contribution in [0.2, 0.25) is 0 Å². The van der Waals surface area contributed by atoms with Gasteiger partial charge in [0.2, 0.25) is 0 Å². The van der Waals surface area contributed by atoms with Crippen LogP contribution in [0.15, 0.2) is 42.6 Å². The Morgan fingerprint density at radius 1 is 0.957 bits per heavy atom. The minimum Gasteiger partial charge on any atom is -0.478 e. The van der Waals surface area contributed by atoms with Gasteiger partial charge < -0.3 is 19.1 Å². The van der Waals surface area contributed by atoms with Crippen LogP contribution in [-0.4, -0.2) is 43.3 Å². The third-order valence-electron chi connectivity index (χ3n) is 7.39. The molecule has 0 unspecified atom stereocenters. The summed E-state index contributed by atoms with van der Waals surface area (Å²) in [7, 11) is 0. The highest BCUT2D eigenvalue weighted by Gasteiger charge is 2.25. The molecule has 0 amide bonds. The number of rotatable bonds is 9. The van der Waals surface area contributed by atoms with Crippen molar-refractivity contribution < 1.29 is 45.7 Å². The number of aromatic carboxylic acids is 1. The molecular weight excluding hydrogens is 620 g/mol. The predicted molar refractivity (Wildman–Crippen MR) is 147 cm³/mol. The average Bonchev–Trinajstić information content (AvgIpc) is 3.34. The lowest BCUT2D eigenvalue weighted by Crippen LogP contribution is -2.31. The lowest BCUT2D eigenvalue weighted by Gasteiger charge is -2.27. The number of nitriles is 1. The van der Waals surface area contributed by atoms with Gasteiger partial charge in [-0.1, -0.05) is 0 Å². The van der Waals surface area contributed by atoms with Crippen molar-refractivity contribution in [3.8, 4) is 23.3 Å². The Kier molecular flexibility index (Phi) is 8.05. The fraction of sp³-hybridized carbons (Fsp3) is 0.194. The maximum atomic E-state index is 15.4.